The summed E-state index contributed by atoms with van der Waals surface area (Å²) in [5, 5.41) is 3.79. The van der Waals surface area contributed by atoms with Gasteiger partial charge in [-0.3, -0.25) is 4.79 Å². The van der Waals surface area contributed by atoms with Crippen molar-refractivity contribution in [2.24, 2.45) is 0 Å². The van der Waals surface area contributed by atoms with E-state index >= 15 is 0 Å². The van der Waals surface area contributed by atoms with Crippen molar-refractivity contribution in [2.75, 3.05) is 5.32 Å². The van der Waals surface area contributed by atoms with Crippen molar-refractivity contribution < 1.29 is 17.6 Å². The Morgan fingerprint density at radius 3 is 2.53 bits per heavy atom. The van der Waals surface area contributed by atoms with Crippen LogP contribution < -0.4 is 5.32 Å². The van der Waals surface area contributed by atoms with E-state index in [0.717, 1.165) is 5.56 Å². The van der Waals surface area contributed by atoms with Gasteiger partial charge in [-0.05, 0) is 36.8 Å². The lowest BCUT2D eigenvalue weighted by Crippen LogP contribution is -2.18. The van der Waals surface area contributed by atoms with Gasteiger partial charge in [-0.15, -0.1) is 0 Å². The van der Waals surface area contributed by atoms with Crippen molar-refractivity contribution in [2.45, 2.75) is 24.1 Å². The third-order valence-electron chi connectivity index (χ3n) is 5.16. The van der Waals surface area contributed by atoms with E-state index in [9.17, 15) is 17.6 Å². The molecule has 5 nitrogen and oxygen atoms in total. The van der Waals surface area contributed by atoms with E-state index in [4.69, 9.17) is 11.6 Å². The molecule has 3 aromatic carbocycles. The smallest absolute Gasteiger partial charge is 0.244 e. The maximum Gasteiger partial charge on any atom is 0.244 e. The zero-order valence-electron chi connectivity index (χ0n) is 17.2. The average Bonchev–Trinajstić information content (AvgIpc) is 3.12. The Bertz CT molecular complexity index is 1430. The summed E-state index contributed by atoms with van der Waals surface area (Å²) >= 11 is 6.12. The second-order valence-electron chi connectivity index (χ2n) is 7.50. The van der Waals surface area contributed by atoms with Crippen LogP contribution in [0.25, 0.3) is 10.9 Å². The lowest BCUT2D eigenvalue weighted by atomic mass is 10.2. The fraction of sp³-hybridized carbons (Fsp3) is 0.125. The highest BCUT2D eigenvalue weighted by Crippen LogP contribution is 2.29. The van der Waals surface area contributed by atoms with Crippen LogP contribution in [0.5, 0.6) is 0 Å². The monoisotopic (exact) mass is 470 g/mol. The van der Waals surface area contributed by atoms with Gasteiger partial charge >= 0.3 is 0 Å². The van der Waals surface area contributed by atoms with Gasteiger partial charge in [-0.2, -0.15) is 0 Å². The lowest BCUT2D eigenvalue weighted by Gasteiger charge is -2.08. The highest BCUT2D eigenvalue weighted by atomic mass is 35.5. The Morgan fingerprint density at radius 2 is 1.78 bits per heavy atom. The van der Waals surface area contributed by atoms with Gasteiger partial charge in [0.25, 0.3) is 0 Å². The number of fused-ring (bicyclic) bond motifs is 1. The molecule has 8 heteroatoms. The van der Waals surface area contributed by atoms with Crippen molar-refractivity contribution in [1.29, 1.82) is 0 Å². The van der Waals surface area contributed by atoms with E-state index in [1.54, 1.807) is 53.1 Å². The zero-order valence-corrected chi connectivity index (χ0v) is 18.8. The van der Waals surface area contributed by atoms with Crippen LogP contribution >= 0.6 is 11.6 Å². The molecule has 1 heterocycles. The van der Waals surface area contributed by atoms with Crippen LogP contribution in [-0.4, -0.2) is 18.9 Å². The summed E-state index contributed by atoms with van der Waals surface area (Å²) in [6.07, 6.45) is 1.43. The Kier molecular flexibility index (Phi) is 6.04. The topological polar surface area (TPSA) is 68.2 Å². The first kappa shape index (κ1) is 22.0. The zero-order chi connectivity index (χ0) is 22.9. The number of nitrogens with one attached hydrogen (secondary N) is 1. The number of sulfone groups is 1. The van der Waals surface area contributed by atoms with Gasteiger partial charge in [0.15, 0.2) is 9.84 Å². The Morgan fingerprint density at radius 1 is 1.06 bits per heavy atom. The molecule has 0 spiro atoms. The van der Waals surface area contributed by atoms with Crippen LogP contribution in [0, 0.1) is 12.7 Å². The molecule has 0 saturated heterocycles. The van der Waals surface area contributed by atoms with Crippen molar-refractivity contribution in [3.63, 3.8) is 0 Å². The number of hydrogen-bond donors (Lipinski definition) is 1. The van der Waals surface area contributed by atoms with Crippen LogP contribution in [0.4, 0.5) is 10.1 Å². The number of anilines is 1. The molecule has 1 amide bonds. The van der Waals surface area contributed by atoms with Crippen LogP contribution in [0.2, 0.25) is 5.02 Å². The molecule has 1 aromatic heterocycles. The predicted molar refractivity (Wildman–Crippen MR) is 124 cm³/mol. The van der Waals surface area contributed by atoms with Gasteiger partial charge in [0.2, 0.25) is 5.91 Å². The Hall–Kier alpha value is -3.16. The largest absolute Gasteiger partial charge is 0.337 e. The van der Waals surface area contributed by atoms with Crippen molar-refractivity contribution in [1.82, 2.24) is 4.57 Å². The van der Waals surface area contributed by atoms with Gasteiger partial charge in [0.1, 0.15) is 12.4 Å². The third kappa shape index (κ3) is 4.54. The van der Waals surface area contributed by atoms with E-state index in [1.165, 1.54) is 24.4 Å². The number of benzene rings is 3. The average molecular weight is 471 g/mol. The second-order valence-corrected chi connectivity index (χ2v) is 9.87. The SMILES string of the molecule is Cc1ccc(NC(=O)Cn2cc(S(=O)(=O)Cc3ccccc3F)c3ccccc32)cc1Cl. The van der Waals surface area contributed by atoms with Crippen molar-refractivity contribution in [3.05, 3.63) is 94.9 Å². The number of rotatable bonds is 6. The summed E-state index contributed by atoms with van der Waals surface area (Å²) in [5.41, 5.74) is 2.13. The number of carbonyl (C=O) groups excluding carboxylic acids is 1. The lowest BCUT2D eigenvalue weighted by molar-refractivity contribution is -0.116. The molecule has 0 bridgehead atoms. The number of carbonyl (C=O) groups is 1. The summed E-state index contributed by atoms with van der Waals surface area (Å²) in [5.74, 6) is -1.37. The van der Waals surface area contributed by atoms with E-state index in [2.05, 4.69) is 5.32 Å². The standard InChI is InChI=1S/C24H20ClFN2O3S/c1-16-10-11-18(12-20(16)25)27-24(29)14-28-13-23(19-7-3-5-9-22(19)28)32(30,31)15-17-6-2-4-8-21(17)26/h2-13H,14-15H2,1H3,(H,27,29). The molecule has 0 saturated carbocycles. The number of halogens is 2. The molecule has 164 valence electrons. The molecule has 0 aliphatic carbocycles. The van der Waals surface area contributed by atoms with E-state index in [1.807, 2.05) is 6.92 Å². The quantitative estimate of drug-likeness (QED) is 0.412. The molecule has 0 unspecified atom stereocenters. The molecule has 0 aliphatic rings. The van der Waals surface area contributed by atoms with Gasteiger partial charge in [-0.1, -0.05) is 54.1 Å². The van der Waals surface area contributed by atoms with Crippen LogP contribution in [0.1, 0.15) is 11.1 Å². The maximum absolute atomic E-state index is 14.1. The predicted octanol–water partition coefficient (Wildman–Crippen LogP) is 5.35. The van der Waals surface area contributed by atoms with Gasteiger partial charge in [-0.25, -0.2) is 12.8 Å². The summed E-state index contributed by atoms with van der Waals surface area (Å²) in [7, 11) is -3.86. The van der Waals surface area contributed by atoms with Crippen molar-refractivity contribution >= 4 is 43.9 Å². The molecule has 0 atom stereocenters. The fourth-order valence-electron chi connectivity index (χ4n) is 3.52. The van der Waals surface area contributed by atoms with Crippen LogP contribution in [-0.2, 0) is 26.9 Å². The minimum absolute atomic E-state index is 0.0579. The fourth-order valence-corrected chi connectivity index (χ4v) is 5.29. The highest BCUT2D eigenvalue weighted by Gasteiger charge is 2.23. The summed E-state index contributed by atoms with van der Waals surface area (Å²) in [6, 6.07) is 17.9. The summed E-state index contributed by atoms with van der Waals surface area (Å²) in [6.45, 7) is 1.77. The van der Waals surface area contributed by atoms with E-state index < -0.39 is 21.4 Å². The van der Waals surface area contributed by atoms with Gasteiger partial charge in [0.05, 0.1) is 10.6 Å². The highest BCUT2D eigenvalue weighted by molar-refractivity contribution is 7.90. The molecular formula is C24H20ClFN2O3S. The summed E-state index contributed by atoms with van der Waals surface area (Å²) in [4.78, 5) is 12.7. The molecule has 1 N–H and O–H groups in total. The number of nitrogens with zero attached hydrogens (tertiary/aromatic N) is 1. The summed E-state index contributed by atoms with van der Waals surface area (Å²) < 4.78 is 41.9. The normalized spacial score (nSPS) is 11.6. The van der Waals surface area contributed by atoms with Crippen molar-refractivity contribution in [3.8, 4) is 0 Å². The maximum atomic E-state index is 14.1. The Labute approximate surface area is 190 Å². The minimum Gasteiger partial charge on any atom is -0.337 e. The van der Waals surface area contributed by atoms with E-state index in [-0.39, 0.29) is 22.9 Å². The molecule has 0 radical (unpaired) electrons. The molecule has 0 aliphatic heterocycles. The first-order valence-corrected chi connectivity index (χ1v) is 11.9. The number of hydrogen-bond acceptors (Lipinski definition) is 3. The number of aromatic nitrogens is 1. The van der Waals surface area contributed by atoms with Gasteiger partial charge < -0.3 is 9.88 Å². The minimum atomic E-state index is -3.86. The second kappa shape index (κ2) is 8.76. The molecule has 4 rings (SSSR count). The Balaban J connectivity index is 1.64. The third-order valence-corrected chi connectivity index (χ3v) is 7.25. The number of para-hydroxylation sites is 1. The van der Waals surface area contributed by atoms with Crippen LogP contribution in [0.15, 0.2) is 77.8 Å². The first-order valence-electron chi connectivity index (χ1n) is 9.84. The van der Waals surface area contributed by atoms with Crippen LogP contribution in [0.3, 0.4) is 0 Å². The molecular weight excluding hydrogens is 451 g/mol. The first-order chi connectivity index (χ1) is 15.2. The number of aryl methyl sites for hydroxylation is 1. The number of amides is 1. The van der Waals surface area contributed by atoms with Gasteiger partial charge in [0, 0.05) is 33.4 Å². The molecule has 32 heavy (non-hydrogen) atoms. The van der Waals surface area contributed by atoms with E-state index in [0.29, 0.717) is 21.6 Å². The molecule has 0 fully saturated rings. The molecule has 4 aromatic rings.